The maximum atomic E-state index is 14.8. The molecule has 1 saturated heterocycles. The van der Waals surface area contributed by atoms with Gasteiger partial charge in [-0.15, -0.1) is 0 Å². The molecule has 1 N–H and O–H groups in total. The number of hydrogen-bond donors (Lipinski definition) is 1. The lowest BCUT2D eigenvalue weighted by molar-refractivity contribution is -0.387. The molecule has 2 aliphatic carbocycles. The number of carbonyl (C=O) groups excluding carboxylic acids is 5. The SMILES string of the molecule is CC(C)(C)OC(=O)C[C@H]1CCCN(S(=O)(=O)c2ccccc2[N+](=O)[O-])C/C=C\[C@@H]2C[C@@]2(C(=O)NS(=O)(=O)C2CC2)CC(=O)C2CC(OC(=O)N3Cc4cccc(F)c4C3)CN2C1=O. The molecule has 0 spiro atoms. The first-order valence-electron chi connectivity index (χ1n) is 20.8. The van der Waals surface area contributed by atoms with Gasteiger partial charge in [-0.1, -0.05) is 36.4 Å². The number of ketones is 1. The van der Waals surface area contributed by atoms with E-state index in [0.717, 1.165) is 16.4 Å². The van der Waals surface area contributed by atoms with Crippen LogP contribution in [0.25, 0.3) is 0 Å². The zero-order chi connectivity index (χ0) is 45.6. The molecule has 7 rings (SSSR count). The summed E-state index contributed by atoms with van der Waals surface area (Å²) in [5.74, 6) is -5.48. The fraction of sp³-hybridized carbons (Fsp3) is 0.548. The molecule has 0 aromatic heterocycles. The zero-order valence-corrected chi connectivity index (χ0v) is 36.7. The van der Waals surface area contributed by atoms with Crippen molar-refractivity contribution in [3.05, 3.63) is 81.7 Å². The zero-order valence-electron chi connectivity index (χ0n) is 35.1. The van der Waals surface area contributed by atoms with Gasteiger partial charge in [-0.3, -0.25) is 38.9 Å². The van der Waals surface area contributed by atoms with Crippen molar-refractivity contribution in [2.24, 2.45) is 17.3 Å². The van der Waals surface area contributed by atoms with Gasteiger partial charge in [0.25, 0.3) is 5.69 Å². The highest BCUT2D eigenvalue weighted by atomic mass is 32.2. The molecule has 3 heterocycles. The Labute approximate surface area is 364 Å². The molecule has 340 valence electrons. The number of nitro groups is 1. The van der Waals surface area contributed by atoms with Crippen LogP contribution in [-0.4, -0.2) is 108 Å². The number of sulfonamides is 2. The summed E-state index contributed by atoms with van der Waals surface area (Å²) in [6.45, 7) is 3.95. The van der Waals surface area contributed by atoms with Gasteiger partial charge < -0.3 is 14.4 Å². The second-order valence-electron chi connectivity index (χ2n) is 17.9. The van der Waals surface area contributed by atoms with Crippen molar-refractivity contribution < 1.29 is 59.6 Å². The van der Waals surface area contributed by atoms with Crippen molar-refractivity contribution in [2.45, 2.75) is 113 Å². The first kappa shape index (κ1) is 45.7. The molecule has 21 heteroatoms. The summed E-state index contributed by atoms with van der Waals surface area (Å²) in [5, 5.41) is 11.2. The average Bonchev–Trinajstić information content (AvgIpc) is 4.09. The van der Waals surface area contributed by atoms with Gasteiger partial charge in [-0.25, -0.2) is 26.0 Å². The minimum absolute atomic E-state index is 0.00933. The van der Waals surface area contributed by atoms with Gasteiger partial charge in [0.1, 0.15) is 17.5 Å². The summed E-state index contributed by atoms with van der Waals surface area (Å²) in [4.78, 5) is 83.2. The third kappa shape index (κ3) is 9.94. The van der Waals surface area contributed by atoms with Crippen LogP contribution in [0, 0.1) is 33.2 Å². The molecule has 2 unspecified atom stereocenters. The molecule has 2 aromatic rings. The number of nitrogens with one attached hydrogen (secondary N) is 1. The lowest BCUT2D eigenvalue weighted by Gasteiger charge is -2.29. The van der Waals surface area contributed by atoms with Crippen molar-refractivity contribution in [1.29, 1.82) is 0 Å². The molecule has 5 aliphatic rings. The van der Waals surface area contributed by atoms with Gasteiger partial charge in [0.05, 0.1) is 41.1 Å². The highest BCUT2D eigenvalue weighted by molar-refractivity contribution is 7.91. The monoisotopic (exact) mass is 915 g/mol. The third-order valence-corrected chi connectivity index (χ3v) is 15.9. The number of nitrogens with zero attached hydrogens (tertiary/aromatic N) is 4. The first-order valence-corrected chi connectivity index (χ1v) is 23.8. The predicted molar refractivity (Wildman–Crippen MR) is 220 cm³/mol. The summed E-state index contributed by atoms with van der Waals surface area (Å²) in [5.41, 5.74) is -2.32. The Morgan fingerprint density at radius 2 is 1.75 bits per heavy atom. The number of carbonyl (C=O) groups is 5. The Morgan fingerprint density at radius 3 is 2.43 bits per heavy atom. The van der Waals surface area contributed by atoms with Crippen LogP contribution in [0.1, 0.15) is 83.3 Å². The molecule has 0 radical (unpaired) electrons. The van der Waals surface area contributed by atoms with Gasteiger partial charge in [0, 0.05) is 50.0 Å². The van der Waals surface area contributed by atoms with E-state index in [0.29, 0.717) is 24.0 Å². The molecule has 3 fully saturated rings. The van der Waals surface area contributed by atoms with Crippen LogP contribution >= 0.6 is 0 Å². The van der Waals surface area contributed by atoms with Crippen molar-refractivity contribution in [1.82, 2.24) is 18.8 Å². The van der Waals surface area contributed by atoms with Crippen LogP contribution in [0.3, 0.4) is 0 Å². The Hall–Kier alpha value is -5.28. The van der Waals surface area contributed by atoms with E-state index in [1.807, 2.05) is 0 Å². The molecule has 3 aliphatic heterocycles. The van der Waals surface area contributed by atoms with E-state index in [1.54, 1.807) is 26.8 Å². The molecular formula is C42H50FN5O13S2. The smallest absolute Gasteiger partial charge is 0.410 e. The van der Waals surface area contributed by atoms with Crippen molar-refractivity contribution in [3.8, 4) is 0 Å². The summed E-state index contributed by atoms with van der Waals surface area (Å²) < 4.78 is 83.4. The van der Waals surface area contributed by atoms with E-state index in [4.69, 9.17) is 9.47 Å². The Balaban J connectivity index is 1.22. The fourth-order valence-electron chi connectivity index (χ4n) is 8.67. The quantitative estimate of drug-likeness (QED) is 0.162. The minimum atomic E-state index is -4.59. The summed E-state index contributed by atoms with van der Waals surface area (Å²) in [7, 11) is -8.67. The topological polar surface area (TPSA) is 237 Å². The van der Waals surface area contributed by atoms with E-state index >= 15 is 0 Å². The van der Waals surface area contributed by atoms with Crippen LogP contribution in [0.4, 0.5) is 14.9 Å². The molecule has 5 atom stereocenters. The average molecular weight is 916 g/mol. The number of halogens is 1. The lowest BCUT2D eigenvalue weighted by Crippen LogP contribution is -2.46. The van der Waals surface area contributed by atoms with Gasteiger partial charge in [-0.2, -0.15) is 4.31 Å². The number of Topliss-reactive ketones (excluding diaryl/α,β-unsaturated/α-hetero) is 1. The van der Waals surface area contributed by atoms with E-state index in [1.165, 1.54) is 46.2 Å². The normalized spacial score (nSPS) is 26.3. The minimum Gasteiger partial charge on any atom is -0.460 e. The van der Waals surface area contributed by atoms with E-state index in [-0.39, 0.29) is 58.4 Å². The summed E-state index contributed by atoms with van der Waals surface area (Å²) in [6.07, 6.45) is 0.371. The van der Waals surface area contributed by atoms with Gasteiger partial charge in [0.2, 0.25) is 31.9 Å². The van der Waals surface area contributed by atoms with Crippen molar-refractivity contribution in [2.75, 3.05) is 19.6 Å². The highest BCUT2D eigenvalue weighted by Gasteiger charge is 2.62. The van der Waals surface area contributed by atoms with Crippen LogP contribution in [0.2, 0.25) is 0 Å². The first-order chi connectivity index (χ1) is 29.6. The molecule has 0 bridgehead atoms. The fourth-order valence-corrected chi connectivity index (χ4v) is 11.6. The van der Waals surface area contributed by atoms with Gasteiger partial charge in [-0.05, 0) is 76.5 Å². The van der Waals surface area contributed by atoms with Crippen LogP contribution in [0.15, 0.2) is 59.5 Å². The molecule has 2 saturated carbocycles. The number of nitro benzene ring substituents is 1. The second kappa shape index (κ2) is 17.4. The van der Waals surface area contributed by atoms with E-state index < -0.39 is 124 Å². The standard InChI is InChI=1S/C42H50FN5O13S2/c1-41(2,3)61-37(50)19-26-10-7-17-46(63(58,59)36-14-5-4-13-33(36)48(54)55)18-8-11-28-21-42(28,39(52)44-62(56,57)30-15-16-30)22-35(49)34-20-29(24-47(34)38(26)51)60-40(53)45-23-27-9-6-12-32(43)31(27)25-45/h4-6,8-9,11-14,26,28-30,34H,7,10,15-25H2,1-3H3,(H,44,52)/b11-8-/t26-,28-,29?,34?,42-/m1/s1. The number of ether oxygens (including phenoxy) is 2. The summed E-state index contributed by atoms with van der Waals surface area (Å²) >= 11 is 0. The number of amides is 3. The third-order valence-electron chi connectivity index (χ3n) is 12.1. The Bertz CT molecular complexity index is 2470. The Kier molecular flexibility index (Phi) is 12.6. The number of benzene rings is 2. The maximum Gasteiger partial charge on any atom is 0.410 e. The largest absolute Gasteiger partial charge is 0.460 e. The molecular weight excluding hydrogens is 866 g/mol. The predicted octanol–water partition coefficient (Wildman–Crippen LogP) is 4.12. The van der Waals surface area contributed by atoms with Gasteiger partial charge in [0.15, 0.2) is 10.7 Å². The summed E-state index contributed by atoms with van der Waals surface area (Å²) in [6, 6.07) is 8.00. The van der Waals surface area contributed by atoms with Gasteiger partial charge >= 0.3 is 12.1 Å². The number of fused-ring (bicyclic) bond motifs is 3. The number of rotatable bonds is 9. The molecule has 63 heavy (non-hydrogen) atoms. The van der Waals surface area contributed by atoms with Crippen LogP contribution in [0.5, 0.6) is 0 Å². The van der Waals surface area contributed by atoms with Crippen LogP contribution < -0.4 is 4.72 Å². The lowest BCUT2D eigenvalue weighted by atomic mass is 9.90. The molecule has 2 aromatic carbocycles. The highest BCUT2D eigenvalue weighted by Crippen LogP contribution is 2.57. The van der Waals surface area contributed by atoms with Crippen LogP contribution in [-0.2, 0) is 61.8 Å². The number of para-hydroxylation sites is 1. The number of hydrogen-bond acceptors (Lipinski definition) is 13. The molecule has 3 amide bonds. The van der Waals surface area contributed by atoms with Crippen molar-refractivity contribution >= 4 is 55.4 Å². The van der Waals surface area contributed by atoms with Crippen molar-refractivity contribution in [3.63, 3.8) is 0 Å². The van der Waals surface area contributed by atoms with E-state index in [9.17, 15) is 55.3 Å². The van der Waals surface area contributed by atoms with E-state index in [2.05, 4.69) is 4.72 Å². The Morgan fingerprint density at radius 1 is 1.02 bits per heavy atom. The number of allylic oxidation sites excluding steroid dienone is 1. The number of esters is 1. The molecule has 18 nitrogen and oxygen atoms in total. The maximum absolute atomic E-state index is 14.8. The second-order valence-corrected chi connectivity index (χ2v) is 21.8.